The first-order valence-electron chi connectivity index (χ1n) is 18.9. The van der Waals surface area contributed by atoms with Gasteiger partial charge in [0.1, 0.15) is 35.6 Å². The Morgan fingerprint density at radius 3 is 2.54 bits per heavy atom. The zero-order valence-corrected chi connectivity index (χ0v) is 37.1. The molecule has 2 aliphatic rings. The molecule has 57 heavy (non-hydrogen) atoms. The molecule has 2 aliphatic heterocycles. The van der Waals surface area contributed by atoms with Crippen molar-refractivity contribution < 1.29 is 48.3 Å². The Morgan fingerprint density at radius 1 is 1.23 bits per heavy atom. The van der Waals surface area contributed by atoms with Crippen molar-refractivity contribution in [3.8, 4) is 5.75 Å². The molecule has 0 saturated carbocycles. The molecule has 6 atom stereocenters. The highest BCUT2D eigenvalue weighted by Crippen LogP contribution is 2.41. The zero-order chi connectivity index (χ0) is 42.9. The van der Waals surface area contributed by atoms with Gasteiger partial charge in [-0.3, -0.25) is 19.7 Å². The number of benzene rings is 1. The van der Waals surface area contributed by atoms with Crippen LogP contribution in [0.2, 0.25) is 5.02 Å². The van der Waals surface area contributed by atoms with Gasteiger partial charge >= 0.3 is 12.1 Å². The van der Waals surface area contributed by atoms with Gasteiger partial charge in [0.05, 0.1) is 25.3 Å². The molecule has 0 radical (unpaired) electrons. The highest BCUT2D eigenvalue weighted by molar-refractivity contribution is 8.77. The molecule has 1 fully saturated rings. The van der Waals surface area contributed by atoms with Gasteiger partial charge in [-0.25, -0.2) is 4.79 Å². The topological polar surface area (TPSA) is 190 Å². The number of fused-ring (bicyclic) bond motifs is 4. The molecule has 3 rings (SSSR count). The molecule has 4 bridgehead atoms. The third kappa shape index (κ3) is 13.0. The Morgan fingerprint density at radius 2 is 1.91 bits per heavy atom. The lowest BCUT2D eigenvalue weighted by atomic mass is 9.72. The van der Waals surface area contributed by atoms with Crippen LogP contribution in [0.5, 0.6) is 5.75 Å². The zero-order valence-electron chi connectivity index (χ0n) is 34.8. The predicted molar refractivity (Wildman–Crippen MR) is 225 cm³/mol. The maximum Gasteiger partial charge on any atom is 0.409 e. The molecule has 1 aromatic rings. The molecule has 2 heterocycles. The van der Waals surface area contributed by atoms with Gasteiger partial charge in [-0.2, -0.15) is 0 Å². The number of aliphatic hydroxyl groups excluding tert-OH is 1. The number of amides is 3. The van der Waals surface area contributed by atoms with Crippen LogP contribution in [-0.4, -0.2) is 121 Å². The number of hydrogen-bond acceptors (Lipinski definition) is 13. The van der Waals surface area contributed by atoms with Crippen LogP contribution in [0, 0.1) is 11.3 Å². The number of likely N-dealkylation sites (N-methyl/N-ethyl adjacent to an activating group) is 1. The molecule has 14 nitrogen and oxygen atoms in total. The SMILES string of the molecule is COc1cc2cc(c1Cl)N(C)C(=O)C[C@H](OC(=O)CN(C)C(=O)CCC(C)(C)SSCCN)C(C)(C)[C@@H](O)[C@H](C)[C@@H]1C[C@@](O)(NC(=O)O1)[C@H](OC)/C=C/C=C(\C)C2. The second-order valence-corrected chi connectivity index (χ2v) is 19.5. The smallest absolute Gasteiger partial charge is 0.409 e. The van der Waals surface area contributed by atoms with Crippen LogP contribution in [-0.2, 0) is 35.0 Å². The number of allylic oxidation sites excluding steroid dienone is 3. The number of rotatable bonds is 12. The van der Waals surface area contributed by atoms with Crippen molar-refractivity contribution in [3.05, 3.63) is 46.5 Å². The van der Waals surface area contributed by atoms with Crippen molar-refractivity contribution in [2.75, 3.05) is 52.1 Å². The summed E-state index contributed by atoms with van der Waals surface area (Å²) in [6, 6.07) is 3.55. The van der Waals surface area contributed by atoms with Crippen molar-refractivity contribution in [3.63, 3.8) is 0 Å². The number of aliphatic hydroxyl groups is 2. The van der Waals surface area contributed by atoms with E-state index in [4.69, 9.17) is 36.3 Å². The molecule has 1 aromatic carbocycles. The van der Waals surface area contributed by atoms with Crippen LogP contribution in [0.25, 0.3) is 0 Å². The summed E-state index contributed by atoms with van der Waals surface area (Å²) in [5.41, 5.74) is 4.38. The summed E-state index contributed by atoms with van der Waals surface area (Å²) < 4.78 is 22.6. The summed E-state index contributed by atoms with van der Waals surface area (Å²) >= 11 is 6.77. The Balaban J connectivity index is 2.03. The van der Waals surface area contributed by atoms with Crippen LogP contribution >= 0.6 is 33.2 Å². The highest BCUT2D eigenvalue weighted by atomic mass is 35.5. The normalized spacial score (nSPS) is 27.4. The number of hydrogen-bond donors (Lipinski definition) is 4. The number of anilines is 1. The van der Waals surface area contributed by atoms with Gasteiger partial charge in [0, 0.05) is 62.4 Å². The van der Waals surface area contributed by atoms with Crippen molar-refractivity contribution in [2.45, 2.75) is 109 Å². The third-order valence-electron chi connectivity index (χ3n) is 10.5. The average molecular weight is 858 g/mol. The van der Waals surface area contributed by atoms with E-state index in [9.17, 15) is 29.4 Å². The molecule has 5 N–H and O–H groups in total. The third-order valence-corrected chi connectivity index (χ3v) is 14.3. The Hall–Kier alpha value is -2.99. The largest absolute Gasteiger partial charge is 0.495 e. The Labute approximate surface area is 349 Å². The first-order valence-corrected chi connectivity index (χ1v) is 21.6. The van der Waals surface area contributed by atoms with E-state index in [1.54, 1.807) is 73.7 Å². The number of nitrogens with one attached hydrogen (secondary N) is 1. The van der Waals surface area contributed by atoms with Crippen molar-refractivity contribution in [1.29, 1.82) is 0 Å². The quantitative estimate of drug-likeness (QED) is 0.121. The number of alkyl carbamates (subject to hydrolysis) is 1. The van der Waals surface area contributed by atoms with Crippen LogP contribution in [0.4, 0.5) is 10.5 Å². The Kier molecular flexibility index (Phi) is 17.7. The van der Waals surface area contributed by atoms with Crippen LogP contribution < -0.4 is 20.7 Å². The molecule has 0 unspecified atom stereocenters. The lowest BCUT2D eigenvalue weighted by Gasteiger charge is -2.46. The molecular weight excluding hydrogens is 796 g/mol. The summed E-state index contributed by atoms with van der Waals surface area (Å²) in [6.07, 6.45) is 0.261. The average Bonchev–Trinajstić information content (AvgIpc) is 3.14. The fourth-order valence-corrected chi connectivity index (χ4v) is 9.56. The number of esters is 1. The monoisotopic (exact) mass is 856 g/mol. The first-order chi connectivity index (χ1) is 26.6. The number of carbonyl (C=O) groups is 4. The van der Waals surface area contributed by atoms with E-state index < -0.39 is 72.4 Å². The van der Waals surface area contributed by atoms with Crippen molar-refractivity contribution in [1.82, 2.24) is 10.2 Å². The van der Waals surface area contributed by atoms with Gasteiger partial charge in [0.2, 0.25) is 11.8 Å². The number of ether oxygens (including phenoxy) is 4. The predicted octanol–water partition coefficient (Wildman–Crippen LogP) is 5.25. The summed E-state index contributed by atoms with van der Waals surface area (Å²) in [5.74, 6) is -1.24. The molecular formula is C40H61ClN4O10S2. The van der Waals surface area contributed by atoms with E-state index in [0.717, 1.165) is 16.9 Å². The van der Waals surface area contributed by atoms with Crippen molar-refractivity contribution >= 4 is 62.8 Å². The minimum absolute atomic E-state index is 0.164. The second kappa shape index (κ2) is 20.8. The molecule has 17 heteroatoms. The van der Waals surface area contributed by atoms with E-state index in [-0.39, 0.29) is 28.5 Å². The molecule has 0 aliphatic carbocycles. The summed E-state index contributed by atoms with van der Waals surface area (Å²) in [4.78, 5) is 56.6. The number of nitrogens with zero attached hydrogens (tertiary/aromatic N) is 2. The van der Waals surface area contributed by atoms with Crippen LogP contribution in [0.3, 0.4) is 0 Å². The number of methoxy groups -OCH3 is 2. The number of carbonyl (C=O) groups excluding carboxylic acids is 4. The van der Waals surface area contributed by atoms with E-state index in [2.05, 4.69) is 5.32 Å². The fourth-order valence-electron chi connectivity index (χ4n) is 6.82. The van der Waals surface area contributed by atoms with Gasteiger partial charge in [-0.05, 0) is 51.3 Å². The van der Waals surface area contributed by atoms with Crippen molar-refractivity contribution in [2.24, 2.45) is 17.1 Å². The fraction of sp³-hybridized carbons (Fsp3) is 0.650. The highest BCUT2D eigenvalue weighted by Gasteiger charge is 2.51. The first kappa shape index (κ1) is 48.4. The standard InChI is InChI=1S/C40H61ClN4O10S2/c1-24-12-11-13-30(53-10)40(51)22-29(54-37(50)43-40)25(2)36(49)39(5,6)31(21-33(47)45(8)27-19-26(18-24)20-28(52-9)35(27)41)55-34(48)23-44(7)32(46)14-15-38(3,4)57-56-17-16-42/h11-13,19-20,25,29-31,36,49,51H,14-18,21-23,42H2,1-10H3,(H,43,50)/b13-11+,24-12+/t25-,29+,30-,31+,36+,40+/m1/s1. The lowest BCUT2D eigenvalue weighted by Crippen LogP contribution is -2.64. The summed E-state index contributed by atoms with van der Waals surface area (Å²) in [7, 11) is 9.24. The van der Waals surface area contributed by atoms with Gasteiger partial charge < -0.3 is 44.7 Å². The van der Waals surface area contributed by atoms with Gasteiger partial charge in [-0.1, -0.05) is 77.8 Å². The molecule has 0 spiro atoms. The van der Waals surface area contributed by atoms with E-state index >= 15 is 0 Å². The van der Waals surface area contributed by atoms with Gasteiger partial charge in [0.15, 0.2) is 5.72 Å². The minimum atomic E-state index is -1.91. The summed E-state index contributed by atoms with van der Waals surface area (Å²) in [6.45, 7) is 11.1. The molecule has 0 aromatic heterocycles. The van der Waals surface area contributed by atoms with Crippen LogP contribution in [0.15, 0.2) is 35.9 Å². The minimum Gasteiger partial charge on any atom is -0.495 e. The maximum absolute atomic E-state index is 14.2. The number of nitrogens with two attached hydrogens (primary N) is 1. The van der Waals surface area contributed by atoms with E-state index in [1.165, 1.54) is 31.1 Å². The van der Waals surface area contributed by atoms with Gasteiger partial charge in [-0.15, -0.1) is 0 Å². The second-order valence-electron chi connectivity index (χ2n) is 16.0. The number of halogens is 1. The summed E-state index contributed by atoms with van der Waals surface area (Å²) in [5, 5.41) is 26.5. The molecule has 320 valence electrons. The van der Waals surface area contributed by atoms with Crippen LogP contribution in [0.1, 0.15) is 72.8 Å². The lowest BCUT2D eigenvalue weighted by molar-refractivity contribution is -0.175. The van der Waals surface area contributed by atoms with E-state index in [0.29, 0.717) is 30.8 Å². The molecule has 3 amide bonds. The van der Waals surface area contributed by atoms with E-state index in [1.807, 2.05) is 26.8 Å². The molecule has 1 saturated heterocycles. The maximum atomic E-state index is 14.2. The van der Waals surface area contributed by atoms with Gasteiger partial charge in [0.25, 0.3) is 0 Å². The Bertz CT molecular complexity index is 1660.